The molecule has 0 saturated carbocycles. The van der Waals surface area contributed by atoms with Crippen LogP contribution in [0.5, 0.6) is 0 Å². The van der Waals surface area contributed by atoms with E-state index in [1.165, 1.54) is 11.1 Å². The van der Waals surface area contributed by atoms with Crippen LogP contribution in [0.4, 0.5) is 0 Å². The predicted molar refractivity (Wildman–Crippen MR) is 76.9 cm³/mol. The molecule has 0 amide bonds. The largest absolute Gasteiger partial charge is 0.319 e. The fourth-order valence-electron chi connectivity index (χ4n) is 2.12. The number of hydrogen-bond donors (Lipinski definition) is 1. The Labute approximate surface area is 111 Å². The Morgan fingerprint density at radius 1 is 1.29 bits per heavy atom. The summed E-state index contributed by atoms with van der Waals surface area (Å²) in [6.07, 6.45) is 1.05. The summed E-state index contributed by atoms with van der Waals surface area (Å²) < 4.78 is 0. The van der Waals surface area contributed by atoms with E-state index in [1.54, 1.807) is 0 Å². The maximum atomic E-state index is 6.36. The standard InChI is InChI=1S/C15H24ClN/c1-11(2)8-12-6-7-13(9-14(12)16)15(3,4)10-17-5/h6-7,9,11,17H,8,10H2,1-5H3. The van der Waals surface area contributed by atoms with Crippen molar-refractivity contribution in [2.24, 2.45) is 5.92 Å². The van der Waals surface area contributed by atoms with Crippen LogP contribution in [0.1, 0.15) is 38.8 Å². The lowest BCUT2D eigenvalue weighted by atomic mass is 9.84. The summed E-state index contributed by atoms with van der Waals surface area (Å²) in [4.78, 5) is 0. The number of halogens is 1. The molecule has 1 aromatic rings. The molecular weight excluding hydrogens is 230 g/mol. The summed E-state index contributed by atoms with van der Waals surface area (Å²) in [5.74, 6) is 0.642. The number of rotatable bonds is 5. The predicted octanol–water partition coefficient (Wildman–Crippen LogP) is 4.04. The van der Waals surface area contributed by atoms with Gasteiger partial charge in [0.25, 0.3) is 0 Å². The van der Waals surface area contributed by atoms with Gasteiger partial charge in [-0.1, -0.05) is 51.4 Å². The van der Waals surface area contributed by atoms with Gasteiger partial charge in [-0.05, 0) is 36.6 Å². The first-order valence-corrected chi connectivity index (χ1v) is 6.68. The van der Waals surface area contributed by atoms with E-state index in [-0.39, 0.29) is 5.41 Å². The molecule has 96 valence electrons. The van der Waals surface area contributed by atoms with Gasteiger partial charge in [0.05, 0.1) is 0 Å². The van der Waals surface area contributed by atoms with Crippen LogP contribution < -0.4 is 5.32 Å². The van der Waals surface area contributed by atoms with Crippen LogP contribution in [0, 0.1) is 5.92 Å². The Morgan fingerprint density at radius 2 is 1.94 bits per heavy atom. The number of likely N-dealkylation sites (N-methyl/N-ethyl adjacent to an activating group) is 1. The van der Waals surface area contributed by atoms with Crippen molar-refractivity contribution < 1.29 is 0 Å². The van der Waals surface area contributed by atoms with Crippen molar-refractivity contribution in [3.05, 3.63) is 34.3 Å². The molecule has 0 bridgehead atoms. The Balaban J connectivity index is 2.95. The van der Waals surface area contributed by atoms with Gasteiger partial charge >= 0.3 is 0 Å². The molecule has 0 aliphatic carbocycles. The van der Waals surface area contributed by atoms with Gasteiger partial charge in [-0.2, -0.15) is 0 Å². The van der Waals surface area contributed by atoms with Crippen molar-refractivity contribution >= 4 is 11.6 Å². The molecule has 0 spiro atoms. The monoisotopic (exact) mass is 253 g/mol. The van der Waals surface area contributed by atoms with Crippen LogP contribution in [-0.2, 0) is 11.8 Å². The van der Waals surface area contributed by atoms with E-state index >= 15 is 0 Å². The molecule has 0 radical (unpaired) electrons. The van der Waals surface area contributed by atoms with Crippen molar-refractivity contribution in [2.75, 3.05) is 13.6 Å². The molecule has 0 atom stereocenters. The maximum absolute atomic E-state index is 6.36. The van der Waals surface area contributed by atoms with E-state index in [0.29, 0.717) is 5.92 Å². The second-order valence-corrected chi connectivity index (χ2v) is 6.23. The van der Waals surface area contributed by atoms with E-state index in [4.69, 9.17) is 11.6 Å². The second kappa shape index (κ2) is 5.88. The summed E-state index contributed by atoms with van der Waals surface area (Å²) in [6.45, 7) is 9.85. The first-order chi connectivity index (χ1) is 7.86. The zero-order valence-electron chi connectivity index (χ0n) is 11.6. The lowest BCUT2D eigenvalue weighted by Crippen LogP contribution is -2.30. The quantitative estimate of drug-likeness (QED) is 0.835. The van der Waals surface area contributed by atoms with Crippen LogP contribution in [-0.4, -0.2) is 13.6 Å². The molecule has 1 aromatic carbocycles. The zero-order valence-corrected chi connectivity index (χ0v) is 12.4. The number of hydrogen-bond acceptors (Lipinski definition) is 1. The van der Waals surface area contributed by atoms with Gasteiger partial charge in [0.15, 0.2) is 0 Å². The summed E-state index contributed by atoms with van der Waals surface area (Å²) in [7, 11) is 1.98. The normalized spacial score (nSPS) is 12.2. The molecule has 1 rings (SSSR count). The van der Waals surface area contributed by atoms with Gasteiger partial charge < -0.3 is 5.32 Å². The minimum absolute atomic E-state index is 0.120. The Hall–Kier alpha value is -0.530. The summed E-state index contributed by atoms with van der Waals surface area (Å²) in [6, 6.07) is 6.51. The minimum atomic E-state index is 0.120. The maximum Gasteiger partial charge on any atom is 0.0441 e. The Kier molecular flexibility index (Phi) is 5.03. The van der Waals surface area contributed by atoms with Crippen molar-refractivity contribution in [3.8, 4) is 0 Å². The van der Waals surface area contributed by atoms with Crippen LogP contribution in [0.25, 0.3) is 0 Å². The summed E-state index contributed by atoms with van der Waals surface area (Å²) >= 11 is 6.36. The molecule has 2 heteroatoms. The third-order valence-electron chi connectivity index (χ3n) is 3.08. The van der Waals surface area contributed by atoms with E-state index in [2.05, 4.69) is 51.2 Å². The van der Waals surface area contributed by atoms with E-state index < -0.39 is 0 Å². The van der Waals surface area contributed by atoms with Crippen LogP contribution in [0.15, 0.2) is 18.2 Å². The second-order valence-electron chi connectivity index (χ2n) is 5.82. The molecule has 0 heterocycles. The topological polar surface area (TPSA) is 12.0 Å². The van der Waals surface area contributed by atoms with E-state index in [9.17, 15) is 0 Å². The average Bonchev–Trinajstić information content (AvgIpc) is 2.20. The molecule has 1 nitrogen and oxygen atoms in total. The van der Waals surface area contributed by atoms with Crippen molar-refractivity contribution in [3.63, 3.8) is 0 Å². The lowest BCUT2D eigenvalue weighted by Gasteiger charge is -2.25. The average molecular weight is 254 g/mol. The molecule has 0 aliphatic heterocycles. The van der Waals surface area contributed by atoms with Crippen LogP contribution in [0.3, 0.4) is 0 Å². The molecule has 1 N–H and O–H groups in total. The van der Waals surface area contributed by atoms with Crippen molar-refractivity contribution in [2.45, 2.75) is 39.5 Å². The smallest absolute Gasteiger partial charge is 0.0441 e. The Morgan fingerprint density at radius 3 is 2.41 bits per heavy atom. The molecule has 17 heavy (non-hydrogen) atoms. The molecular formula is C15H24ClN. The van der Waals surface area contributed by atoms with Crippen LogP contribution in [0.2, 0.25) is 5.02 Å². The highest BCUT2D eigenvalue weighted by atomic mass is 35.5. The molecule has 0 fully saturated rings. The van der Waals surface area contributed by atoms with Gasteiger partial charge in [-0.25, -0.2) is 0 Å². The summed E-state index contributed by atoms with van der Waals surface area (Å²) in [5, 5.41) is 4.13. The van der Waals surface area contributed by atoms with Crippen molar-refractivity contribution in [1.29, 1.82) is 0 Å². The first kappa shape index (κ1) is 14.5. The van der Waals surface area contributed by atoms with Gasteiger partial charge in [0.1, 0.15) is 0 Å². The fraction of sp³-hybridized carbons (Fsp3) is 0.600. The molecule has 0 saturated heterocycles. The van der Waals surface area contributed by atoms with Gasteiger partial charge in [-0.3, -0.25) is 0 Å². The number of nitrogens with one attached hydrogen (secondary N) is 1. The third-order valence-corrected chi connectivity index (χ3v) is 3.43. The highest BCUT2D eigenvalue weighted by Gasteiger charge is 2.20. The highest BCUT2D eigenvalue weighted by Crippen LogP contribution is 2.28. The van der Waals surface area contributed by atoms with Gasteiger partial charge in [0, 0.05) is 17.0 Å². The number of benzene rings is 1. The summed E-state index contributed by atoms with van der Waals surface area (Å²) in [5.41, 5.74) is 2.67. The molecule has 0 aliphatic rings. The SMILES string of the molecule is CNCC(C)(C)c1ccc(CC(C)C)c(Cl)c1. The lowest BCUT2D eigenvalue weighted by molar-refractivity contribution is 0.494. The highest BCUT2D eigenvalue weighted by molar-refractivity contribution is 6.31. The zero-order chi connectivity index (χ0) is 13.1. The van der Waals surface area contributed by atoms with Crippen LogP contribution >= 0.6 is 11.6 Å². The third kappa shape index (κ3) is 4.01. The van der Waals surface area contributed by atoms with Gasteiger partial charge in [-0.15, -0.1) is 0 Å². The minimum Gasteiger partial charge on any atom is -0.319 e. The van der Waals surface area contributed by atoms with E-state index in [0.717, 1.165) is 18.0 Å². The Bertz CT molecular complexity index is 369. The molecule has 0 aromatic heterocycles. The molecule has 0 unspecified atom stereocenters. The fourth-order valence-corrected chi connectivity index (χ4v) is 2.38. The van der Waals surface area contributed by atoms with E-state index in [1.807, 2.05) is 7.05 Å². The van der Waals surface area contributed by atoms with Gasteiger partial charge in [0.2, 0.25) is 0 Å². The van der Waals surface area contributed by atoms with Crippen molar-refractivity contribution in [1.82, 2.24) is 5.32 Å². The first-order valence-electron chi connectivity index (χ1n) is 6.30.